The number of non-ortho nitro benzene ring substituents is 1. The smallest absolute Gasteiger partial charge is 0.342 e. The second-order valence-electron chi connectivity index (χ2n) is 5.45. The van der Waals surface area contributed by atoms with E-state index in [1.165, 1.54) is 38.5 Å². The lowest BCUT2D eigenvalue weighted by molar-refractivity contribution is -0.384. The van der Waals surface area contributed by atoms with Crippen molar-refractivity contribution in [2.24, 2.45) is 0 Å². The van der Waals surface area contributed by atoms with Gasteiger partial charge in [0.2, 0.25) is 0 Å². The summed E-state index contributed by atoms with van der Waals surface area (Å²) in [7, 11) is 2.85. The summed E-state index contributed by atoms with van der Waals surface area (Å²) in [5, 5.41) is 13.3. The minimum Gasteiger partial charge on any atom is -0.497 e. The molecule has 0 saturated heterocycles. The maximum atomic E-state index is 12.2. The summed E-state index contributed by atoms with van der Waals surface area (Å²) >= 11 is 0. The van der Waals surface area contributed by atoms with Gasteiger partial charge in [-0.15, -0.1) is 0 Å². The number of rotatable bonds is 7. The van der Waals surface area contributed by atoms with E-state index in [2.05, 4.69) is 5.32 Å². The van der Waals surface area contributed by atoms with Gasteiger partial charge >= 0.3 is 5.97 Å². The molecule has 27 heavy (non-hydrogen) atoms. The Kier molecular flexibility index (Phi) is 6.32. The molecule has 9 heteroatoms. The molecule has 2 aromatic carbocycles. The number of nitrogens with zero attached hydrogens (tertiary/aromatic N) is 1. The van der Waals surface area contributed by atoms with Crippen LogP contribution in [0.15, 0.2) is 36.4 Å². The highest BCUT2D eigenvalue weighted by Crippen LogP contribution is 2.25. The average Bonchev–Trinajstić information content (AvgIpc) is 2.67. The van der Waals surface area contributed by atoms with E-state index in [4.69, 9.17) is 14.2 Å². The SMILES string of the molecule is COc1ccc(OC)c(C(=O)OCC(=O)Nc2cc([N+](=O)[O-])ccc2C)c1. The van der Waals surface area contributed by atoms with Gasteiger partial charge in [-0.25, -0.2) is 4.79 Å². The summed E-state index contributed by atoms with van der Waals surface area (Å²) in [6.07, 6.45) is 0. The largest absolute Gasteiger partial charge is 0.497 e. The molecule has 0 heterocycles. The van der Waals surface area contributed by atoms with Crippen molar-refractivity contribution in [2.75, 3.05) is 26.1 Å². The van der Waals surface area contributed by atoms with Gasteiger partial charge in [0.25, 0.3) is 11.6 Å². The van der Waals surface area contributed by atoms with E-state index in [1.54, 1.807) is 19.1 Å². The van der Waals surface area contributed by atoms with Crippen LogP contribution in [0, 0.1) is 17.0 Å². The second-order valence-corrected chi connectivity index (χ2v) is 5.45. The average molecular weight is 374 g/mol. The van der Waals surface area contributed by atoms with Gasteiger partial charge in [0.15, 0.2) is 6.61 Å². The van der Waals surface area contributed by atoms with Crippen LogP contribution >= 0.6 is 0 Å². The monoisotopic (exact) mass is 374 g/mol. The summed E-state index contributed by atoms with van der Waals surface area (Å²) in [6, 6.07) is 8.68. The zero-order valence-corrected chi connectivity index (χ0v) is 15.0. The fourth-order valence-corrected chi connectivity index (χ4v) is 2.23. The molecule has 1 amide bonds. The lowest BCUT2D eigenvalue weighted by Crippen LogP contribution is -2.21. The predicted molar refractivity (Wildman–Crippen MR) is 96.3 cm³/mol. The fourth-order valence-electron chi connectivity index (χ4n) is 2.23. The Bertz CT molecular complexity index is 880. The Morgan fingerprint density at radius 1 is 1.11 bits per heavy atom. The number of hydrogen-bond donors (Lipinski definition) is 1. The molecule has 0 atom stereocenters. The minimum absolute atomic E-state index is 0.108. The van der Waals surface area contributed by atoms with Crippen LogP contribution in [-0.2, 0) is 9.53 Å². The van der Waals surface area contributed by atoms with Crippen molar-refractivity contribution in [3.63, 3.8) is 0 Å². The topological polar surface area (TPSA) is 117 Å². The number of nitro groups is 1. The molecule has 0 unspecified atom stereocenters. The summed E-state index contributed by atoms with van der Waals surface area (Å²) in [4.78, 5) is 34.5. The molecule has 0 radical (unpaired) electrons. The van der Waals surface area contributed by atoms with E-state index >= 15 is 0 Å². The van der Waals surface area contributed by atoms with Gasteiger partial charge in [-0.05, 0) is 30.7 Å². The number of nitrogens with one attached hydrogen (secondary N) is 1. The number of carbonyl (C=O) groups excluding carboxylic acids is 2. The molecule has 0 fully saturated rings. The standard InChI is InChI=1S/C18H18N2O7/c1-11-4-5-12(20(23)24)8-15(11)19-17(21)10-27-18(22)14-9-13(25-2)6-7-16(14)26-3/h4-9H,10H2,1-3H3,(H,19,21). The maximum Gasteiger partial charge on any atom is 0.342 e. The van der Waals surface area contributed by atoms with Crippen molar-refractivity contribution in [2.45, 2.75) is 6.92 Å². The number of amides is 1. The van der Waals surface area contributed by atoms with Gasteiger partial charge in [0, 0.05) is 12.1 Å². The Hall–Kier alpha value is -3.62. The lowest BCUT2D eigenvalue weighted by Gasteiger charge is -2.11. The molecule has 0 spiro atoms. The number of esters is 1. The van der Waals surface area contributed by atoms with E-state index in [1.807, 2.05) is 0 Å². The zero-order chi connectivity index (χ0) is 20.0. The molecule has 0 aliphatic rings. The molecule has 142 valence electrons. The first kappa shape index (κ1) is 19.7. The first-order chi connectivity index (χ1) is 12.8. The number of anilines is 1. The molecule has 0 aliphatic carbocycles. The lowest BCUT2D eigenvalue weighted by atomic mass is 10.2. The van der Waals surface area contributed by atoms with Crippen LogP contribution in [0.1, 0.15) is 15.9 Å². The van der Waals surface area contributed by atoms with E-state index in [-0.39, 0.29) is 22.7 Å². The molecule has 0 saturated carbocycles. The summed E-state index contributed by atoms with van der Waals surface area (Å²) in [6.45, 7) is 1.12. The second kappa shape index (κ2) is 8.65. The highest BCUT2D eigenvalue weighted by Gasteiger charge is 2.17. The third-order valence-electron chi connectivity index (χ3n) is 3.67. The number of nitro benzene ring substituents is 1. The number of methoxy groups -OCH3 is 2. The van der Waals surface area contributed by atoms with Crippen molar-refractivity contribution in [3.05, 3.63) is 57.6 Å². The number of carbonyl (C=O) groups is 2. The quantitative estimate of drug-likeness (QED) is 0.450. The number of ether oxygens (including phenoxy) is 3. The van der Waals surface area contributed by atoms with E-state index in [0.29, 0.717) is 11.3 Å². The van der Waals surface area contributed by atoms with Gasteiger partial charge in [0.05, 0.1) is 24.8 Å². The Balaban J connectivity index is 2.05. The van der Waals surface area contributed by atoms with Crippen molar-refractivity contribution in [3.8, 4) is 11.5 Å². The van der Waals surface area contributed by atoms with Crippen molar-refractivity contribution in [1.29, 1.82) is 0 Å². The first-order valence-electron chi connectivity index (χ1n) is 7.79. The summed E-state index contributed by atoms with van der Waals surface area (Å²) in [5.74, 6) is -0.694. The van der Waals surface area contributed by atoms with Crippen molar-refractivity contribution in [1.82, 2.24) is 0 Å². The minimum atomic E-state index is -0.767. The Morgan fingerprint density at radius 3 is 2.48 bits per heavy atom. The molecule has 2 aromatic rings. The maximum absolute atomic E-state index is 12.2. The van der Waals surface area contributed by atoms with Crippen molar-refractivity contribution >= 4 is 23.3 Å². The van der Waals surface area contributed by atoms with Gasteiger partial charge < -0.3 is 19.5 Å². The van der Waals surface area contributed by atoms with Crippen LogP contribution < -0.4 is 14.8 Å². The zero-order valence-electron chi connectivity index (χ0n) is 15.0. The molecule has 0 aromatic heterocycles. The molecule has 0 bridgehead atoms. The van der Waals surface area contributed by atoms with Gasteiger partial charge in [-0.1, -0.05) is 6.07 Å². The van der Waals surface area contributed by atoms with E-state index < -0.39 is 23.4 Å². The normalized spacial score (nSPS) is 10.0. The third kappa shape index (κ3) is 4.94. The summed E-state index contributed by atoms with van der Waals surface area (Å²) < 4.78 is 15.2. The predicted octanol–water partition coefficient (Wildman–Crippen LogP) is 2.72. The van der Waals surface area contributed by atoms with Crippen LogP contribution in [0.4, 0.5) is 11.4 Å². The van der Waals surface area contributed by atoms with Crippen molar-refractivity contribution < 1.29 is 28.7 Å². The highest BCUT2D eigenvalue weighted by molar-refractivity contribution is 5.97. The third-order valence-corrected chi connectivity index (χ3v) is 3.67. The Labute approximate surface area is 155 Å². The molecule has 9 nitrogen and oxygen atoms in total. The first-order valence-corrected chi connectivity index (χ1v) is 7.79. The molecule has 1 N–H and O–H groups in total. The number of hydrogen-bond acceptors (Lipinski definition) is 7. The van der Waals surface area contributed by atoms with Crippen LogP contribution in [0.5, 0.6) is 11.5 Å². The number of benzene rings is 2. The van der Waals surface area contributed by atoms with Gasteiger partial charge in [-0.3, -0.25) is 14.9 Å². The molecular formula is C18H18N2O7. The van der Waals surface area contributed by atoms with E-state index in [0.717, 1.165) is 0 Å². The Morgan fingerprint density at radius 2 is 1.85 bits per heavy atom. The van der Waals surface area contributed by atoms with Crippen LogP contribution in [-0.4, -0.2) is 37.6 Å². The molecule has 2 rings (SSSR count). The van der Waals surface area contributed by atoms with Crippen LogP contribution in [0.2, 0.25) is 0 Å². The van der Waals surface area contributed by atoms with E-state index in [9.17, 15) is 19.7 Å². The fraction of sp³-hybridized carbons (Fsp3) is 0.222. The molecule has 0 aliphatic heterocycles. The van der Waals surface area contributed by atoms with Crippen LogP contribution in [0.25, 0.3) is 0 Å². The van der Waals surface area contributed by atoms with Crippen LogP contribution in [0.3, 0.4) is 0 Å². The molecular weight excluding hydrogens is 356 g/mol. The highest BCUT2D eigenvalue weighted by atomic mass is 16.6. The van der Waals surface area contributed by atoms with Gasteiger partial charge in [0.1, 0.15) is 17.1 Å². The number of aryl methyl sites for hydroxylation is 1. The van der Waals surface area contributed by atoms with Gasteiger partial charge in [-0.2, -0.15) is 0 Å². The summed E-state index contributed by atoms with van der Waals surface area (Å²) in [5.41, 5.74) is 0.851.